The fourth-order valence-electron chi connectivity index (χ4n) is 2.60. The van der Waals surface area contributed by atoms with Gasteiger partial charge in [0, 0.05) is 5.56 Å². The summed E-state index contributed by atoms with van der Waals surface area (Å²) < 4.78 is 10.5. The van der Waals surface area contributed by atoms with Gasteiger partial charge in [-0.25, -0.2) is 4.99 Å². The van der Waals surface area contributed by atoms with Crippen LogP contribution in [0.2, 0.25) is 0 Å². The summed E-state index contributed by atoms with van der Waals surface area (Å²) in [6, 6.07) is 18.3. The predicted molar refractivity (Wildman–Crippen MR) is 108 cm³/mol. The molecule has 0 bridgehead atoms. The number of hydrogen-bond acceptors (Lipinski definition) is 4. The number of hydrogen-bond donors (Lipinski definition) is 3. The van der Waals surface area contributed by atoms with E-state index in [1.165, 1.54) is 0 Å². The van der Waals surface area contributed by atoms with Crippen molar-refractivity contribution in [1.29, 1.82) is 0 Å². The zero-order valence-electron chi connectivity index (χ0n) is 15.5. The average molecular weight is 378 g/mol. The third kappa shape index (κ3) is 5.14. The van der Waals surface area contributed by atoms with E-state index in [1.807, 2.05) is 42.5 Å². The van der Waals surface area contributed by atoms with E-state index < -0.39 is 0 Å². The minimum Gasteiger partial charge on any atom is -0.495 e. The molecule has 4 N–H and O–H groups in total. The van der Waals surface area contributed by atoms with Gasteiger partial charge < -0.3 is 25.5 Å². The van der Waals surface area contributed by atoms with Crippen molar-refractivity contribution in [3.8, 4) is 5.75 Å². The van der Waals surface area contributed by atoms with Crippen molar-refractivity contribution in [2.45, 2.75) is 13.1 Å². The maximum absolute atomic E-state index is 12.3. The standard InChI is InChI=1S/C21H22N4O3/c1-27-19-10-3-2-9-18(19)25-21(22)24-13-15-6-4-7-16(12-15)20(26)23-14-17-8-5-11-28-17/h2-12H,13-14H2,1H3,(H,23,26)(H3,22,24,25). The van der Waals surface area contributed by atoms with Gasteiger partial charge >= 0.3 is 0 Å². The van der Waals surface area contributed by atoms with Crippen LogP contribution in [0.1, 0.15) is 21.7 Å². The Balaban J connectivity index is 1.60. The molecular weight excluding hydrogens is 356 g/mol. The minimum absolute atomic E-state index is 0.178. The van der Waals surface area contributed by atoms with Gasteiger partial charge in [-0.05, 0) is 42.0 Å². The van der Waals surface area contributed by atoms with Gasteiger partial charge in [-0.3, -0.25) is 4.79 Å². The van der Waals surface area contributed by atoms with Crippen molar-refractivity contribution in [2.24, 2.45) is 10.7 Å². The number of anilines is 1. The molecule has 0 unspecified atom stereocenters. The number of guanidine groups is 1. The van der Waals surface area contributed by atoms with Crippen LogP contribution in [0.4, 0.5) is 5.69 Å². The second-order valence-corrected chi connectivity index (χ2v) is 5.99. The van der Waals surface area contributed by atoms with E-state index in [0.29, 0.717) is 30.2 Å². The van der Waals surface area contributed by atoms with Crippen molar-refractivity contribution in [1.82, 2.24) is 5.32 Å². The first kappa shape index (κ1) is 19.0. The van der Waals surface area contributed by atoms with E-state index in [2.05, 4.69) is 15.6 Å². The van der Waals surface area contributed by atoms with E-state index >= 15 is 0 Å². The van der Waals surface area contributed by atoms with Crippen molar-refractivity contribution in [2.75, 3.05) is 12.4 Å². The molecule has 0 saturated heterocycles. The van der Waals surface area contributed by atoms with Crippen LogP contribution in [0.15, 0.2) is 76.3 Å². The predicted octanol–water partition coefficient (Wildman–Crippen LogP) is 3.15. The second-order valence-electron chi connectivity index (χ2n) is 5.99. The fourth-order valence-corrected chi connectivity index (χ4v) is 2.60. The molecule has 7 nitrogen and oxygen atoms in total. The van der Waals surface area contributed by atoms with E-state index in [-0.39, 0.29) is 11.9 Å². The maximum atomic E-state index is 12.3. The second kappa shape index (κ2) is 9.27. The van der Waals surface area contributed by atoms with Gasteiger partial charge in [0.15, 0.2) is 5.96 Å². The smallest absolute Gasteiger partial charge is 0.251 e. The molecule has 0 aliphatic rings. The molecule has 0 aliphatic carbocycles. The lowest BCUT2D eigenvalue weighted by Crippen LogP contribution is -2.23. The molecule has 0 saturated carbocycles. The first-order chi connectivity index (χ1) is 13.7. The largest absolute Gasteiger partial charge is 0.495 e. The van der Waals surface area contributed by atoms with Crippen LogP contribution in [0.3, 0.4) is 0 Å². The molecule has 3 rings (SSSR count). The molecule has 0 spiro atoms. The number of nitrogens with two attached hydrogens (primary N) is 1. The third-order valence-corrected chi connectivity index (χ3v) is 3.99. The van der Waals surface area contributed by atoms with E-state index in [0.717, 1.165) is 11.3 Å². The lowest BCUT2D eigenvalue weighted by Gasteiger charge is -2.10. The van der Waals surface area contributed by atoms with Gasteiger partial charge in [-0.2, -0.15) is 0 Å². The Morgan fingerprint density at radius 1 is 1.14 bits per heavy atom. The van der Waals surface area contributed by atoms with Crippen molar-refractivity contribution in [3.05, 3.63) is 83.8 Å². The highest BCUT2D eigenvalue weighted by Crippen LogP contribution is 2.22. The molecule has 0 aliphatic heterocycles. The Morgan fingerprint density at radius 2 is 2.00 bits per heavy atom. The van der Waals surface area contributed by atoms with Crippen molar-refractivity contribution >= 4 is 17.6 Å². The molecule has 1 amide bonds. The molecule has 3 aromatic rings. The summed E-state index contributed by atoms with van der Waals surface area (Å²) in [5.41, 5.74) is 8.13. The Kier molecular flexibility index (Phi) is 6.30. The number of nitrogens with zero attached hydrogens (tertiary/aromatic N) is 1. The number of benzene rings is 2. The molecule has 28 heavy (non-hydrogen) atoms. The molecule has 7 heteroatoms. The van der Waals surface area contributed by atoms with Gasteiger partial charge in [0.1, 0.15) is 11.5 Å². The number of aliphatic imine (C=N–C) groups is 1. The number of methoxy groups -OCH3 is 1. The zero-order valence-corrected chi connectivity index (χ0v) is 15.5. The quantitative estimate of drug-likeness (QED) is 0.433. The highest BCUT2D eigenvalue weighted by molar-refractivity contribution is 5.94. The molecule has 144 valence electrons. The lowest BCUT2D eigenvalue weighted by atomic mass is 10.1. The van der Waals surface area contributed by atoms with Crippen molar-refractivity contribution in [3.63, 3.8) is 0 Å². The topological polar surface area (TPSA) is 102 Å². The fraction of sp³-hybridized carbons (Fsp3) is 0.143. The number of amides is 1. The van der Waals surface area contributed by atoms with Crippen molar-refractivity contribution < 1.29 is 13.9 Å². The van der Waals surface area contributed by atoms with E-state index in [9.17, 15) is 4.79 Å². The molecule has 1 aromatic heterocycles. The third-order valence-electron chi connectivity index (χ3n) is 3.99. The zero-order chi connectivity index (χ0) is 19.8. The lowest BCUT2D eigenvalue weighted by molar-refractivity contribution is 0.0948. The monoisotopic (exact) mass is 378 g/mol. The van der Waals surface area contributed by atoms with Crippen LogP contribution in [0.25, 0.3) is 0 Å². The summed E-state index contributed by atoms with van der Waals surface area (Å²) in [7, 11) is 1.59. The van der Waals surface area contributed by atoms with E-state index in [4.69, 9.17) is 14.9 Å². The Morgan fingerprint density at radius 3 is 2.79 bits per heavy atom. The van der Waals surface area contributed by atoms with Crippen LogP contribution in [-0.4, -0.2) is 19.0 Å². The molecule has 0 fully saturated rings. The minimum atomic E-state index is -0.178. The Hall–Kier alpha value is -3.74. The number of carbonyl (C=O) groups is 1. The number of nitrogens with one attached hydrogen (secondary N) is 2. The number of rotatable bonds is 7. The van der Waals surface area contributed by atoms with Crippen LogP contribution < -0.4 is 21.1 Å². The van der Waals surface area contributed by atoms with Gasteiger partial charge in [-0.1, -0.05) is 24.3 Å². The van der Waals surface area contributed by atoms with Crippen LogP contribution in [0, 0.1) is 0 Å². The van der Waals surface area contributed by atoms with Gasteiger partial charge in [0.2, 0.25) is 0 Å². The number of para-hydroxylation sites is 2. The van der Waals surface area contributed by atoms with E-state index in [1.54, 1.807) is 31.6 Å². The summed E-state index contributed by atoms with van der Waals surface area (Å²) >= 11 is 0. The molecule has 1 heterocycles. The van der Waals surface area contributed by atoms with Gasteiger partial charge in [0.25, 0.3) is 5.91 Å². The van der Waals surface area contributed by atoms with Gasteiger partial charge in [0.05, 0.1) is 32.1 Å². The normalized spacial score (nSPS) is 11.1. The highest BCUT2D eigenvalue weighted by atomic mass is 16.5. The number of carbonyl (C=O) groups excluding carboxylic acids is 1. The molecule has 0 atom stereocenters. The molecule has 2 aromatic carbocycles. The Labute approximate surface area is 163 Å². The summed E-state index contributed by atoms with van der Waals surface area (Å²) in [6.45, 7) is 0.678. The SMILES string of the molecule is COc1ccccc1NC(N)=NCc1cccc(C(=O)NCc2ccco2)c1. The summed E-state index contributed by atoms with van der Waals surface area (Å²) in [5.74, 6) is 1.46. The highest BCUT2D eigenvalue weighted by Gasteiger charge is 2.07. The number of ether oxygens (including phenoxy) is 1. The summed E-state index contributed by atoms with van der Waals surface area (Å²) in [5, 5.41) is 5.84. The average Bonchev–Trinajstić information content (AvgIpc) is 3.25. The summed E-state index contributed by atoms with van der Waals surface area (Å²) in [6.07, 6.45) is 1.57. The maximum Gasteiger partial charge on any atom is 0.251 e. The number of furan rings is 1. The molecule has 0 radical (unpaired) electrons. The Bertz CT molecular complexity index is 952. The van der Waals surface area contributed by atoms with Crippen LogP contribution in [-0.2, 0) is 13.1 Å². The first-order valence-electron chi connectivity index (χ1n) is 8.75. The van der Waals surface area contributed by atoms with Crippen LogP contribution >= 0.6 is 0 Å². The molecular formula is C21H22N4O3. The first-order valence-corrected chi connectivity index (χ1v) is 8.75. The summed E-state index contributed by atoms with van der Waals surface area (Å²) in [4.78, 5) is 16.6. The van der Waals surface area contributed by atoms with Crippen LogP contribution in [0.5, 0.6) is 5.75 Å². The van der Waals surface area contributed by atoms with Gasteiger partial charge in [-0.15, -0.1) is 0 Å².